The quantitative estimate of drug-likeness (QED) is 0.121. The Morgan fingerprint density at radius 2 is 0.610 bits per heavy atom. The standard InChI is InChI=1S/C111H105BN6/c1-106(2,3)79-50-55-94-89(63-79)90-64-80(107(4,5)6)51-56-95(90)116(94)85-52-54-93-97(69-85)118(101-86(71-39-27-20-28-40-71)65-83(110(13,14)15)66-87(101)72-41-29-21-30-42-72)99-61-78(77-57-81(108(7,8)9)62-82(58-77)109(10,11)12)60-98-100(99)112(93)92-53-49-76(70-37-25-19-26-38-70)59-96(92)117(98)102-88(73-43-31-22-32-44-73)67-84(111(16,17)18)68-91(102)105-114-103(74-45-33-23-34-46-74)113-104(115-105)75-47-35-24-36-48-75/h19-69H,1-18H3/i19D,23D,24D,25D,26D,33D,34D,35D,36D,37D,38D,45D,46D,47D,48D. The Labute approximate surface area is 720 Å². The molecule has 0 amide bonds. The lowest BCUT2D eigenvalue weighted by molar-refractivity contribution is 0.569. The van der Waals surface area contributed by atoms with Crippen LogP contribution < -0.4 is 26.2 Å². The first-order valence-corrected chi connectivity index (χ1v) is 40.9. The molecule has 118 heavy (non-hydrogen) atoms. The normalized spacial score (nSPS) is 14.9. The predicted octanol–water partition coefficient (Wildman–Crippen LogP) is 28.2. The van der Waals surface area contributed by atoms with Gasteiger partial charge in [-0.05, 0) is 200 Å². The first-order chi connectivity index (χ1) is 62.5. The topological polar surface area (TPSA) is 50.1 Å². The molecule has 0 atom stereocenters. The zero-order valence-corrected chi connectivity index (χ0v) is 70.5. The average molecular weight is 1550 g/mol. The Kier molecular flexibility index (Phi) is 14.8. The zero-order valence-electron chi connectivity index (χ0n) is 85.5. The van der Waals surface area contributed by atoms with Crippen LogP contribution in [0, 0.1) is 0 Å². The van der Waals surface area contributed by atoms with E-state index in [9.17, 15) is 16.4 Å². The highest BCUT2D eigenvalue weighted by Gasteiger charge is 2.47. The van der Waals surface area contributed by atoms with Gasteiger partial charge in [0.25, 0.3) is 6.71 Å². The van der Waals surface area contributed by atoms with Gasteiger partial charge in [0.15, 0.2) is 17.5 Å². The monoisotopic (exact) mass is 1550 g/mol. The summed E-state index contributed by atoms with van der Waals surface area (Å²) in [7, 11) is 0. The summed E-state index contributed by atoms with van der Waals surface area (Å²) in [5, 5.41) is 2.22. The van der Waals surface area contributed by atoms with Crippen LogP contribution in [0.25, 0.3) is 117 Å². The SMILES string of the molecule is [2H]c1c([2H])c([2H])c(-c2ccc3c(c2)N(c2c(-c4ccccc4)cc(C(C)(C)C)cc2-c2nc(-c4c([2H])c([2H])c([2H])c([2H])c4[2H])nc(-c4c([2H])c([2H])c([2H])c([2H])c4[2H])n2)c2cc(-c4cc(C(C)(C)C)cc(C(C)(C)C)c4)cc4c2B3c2ccc(-n3c5ccc(C(C)(C)C)cc5c5cc(C(C)(C)C)ccc53)cc2N4c2c(-c3ccccc3)cc(C(C)(C)C)cc2-c2ccccc2)c([2H])c1[2H]. The van der Waals surface area contributed by atoms with Gasteiger partial charge in [0.1, 0.15) is 0 Å². The molecule has 0 radical (unpaired) electrons. The Morgan fingerprint density at radius 1 is 0.263 bits per heavy atom. The lowest BCUT2D eigenvalue weighted by Crippen LogP contribution is -2.61. The maximum atomic E-state index is 9.92. The highest BCUT2D eigenvalue weighted by atomic mass is 15.2. The van der Waals surface area contributed by atoms with Crippen LogP contribution in [-0.2, 0) is 32.5 Å². The van der Waals surface area contributed by atoms with Crippen LogP contribution in [0.1, 0.15) is 179 Å². The summed E-state index contributed by atoms with van der Waals surface area (Å²) in [4.78, 5) is 20.3. The number of nitrogens with zero attached hydrogens (tertiary/aromatic N) is 6. The molecule has 7 heteroatoms. The first kappa shape index (κ1) is 61.0. The van der Waals surface area contributed by atoms with Crippen molar-refractivity contribution >= 4 is 79.0 Å². The summed E-state index contributed by atoms with van der Waals surface area (Å²) in [6.45, 7) is 39.1. The largest absolute Gasteiger partial charge is 0.310 e. The van der Waals surface area contributed by atoms with Crippen molar-refractivity contribution in [3.05, 3.63) is 342 Å². The van der Waals surface area contributed by atoms with Gasteiger partial charge in [-0.25, -0.2) is 15.0 Å². The van der Waals surface area contributed by atoms with Crippen molar-refractivity contribution < 1.29 is 20.6 Å². The molecule has 6 nitrogen and oxygen atoms in total. The van der Waals surface area contributed by atoms with E-state index >= 15 is 0 Å². The Bertz CT molecular complexity index is 7240. The van der Waals surface area contributed by atoms with E-state index in [1.165, 1.54) is 11.1 Å². The molecule has 14 aromatic carbocycles. The lowest BCUT2D eigenvalue weighted by Gasteiger charge is -2.46. The second-order valence-electron chi connectivity index (χ2n) is 37.9. The minimum absolute atomic E-state index is 0.0610. The van der Waals surface area contributed by atoms with Gasteiger partial charge in [-0.1, -0.05) is 355 Å². The van der Waals surface area contributed by atoms with Crippen molar-refractivity contribution in [1.29, 1.82) is 0 Å². The zero-order chi connectivity index (χ0) is 95.3. The summed E-state index contributed by atoms with van der Waals surface area (Å²) in [5.41, 5.74) is 19.6. The number of anilines is 6. The van der Waals surface area contributed by atoms with Crippen LogP contribution in [0.3, 0.4) is 0 Å². The third-order valence-electron chi connectivity index (χ3n) is 23.6. The van der Waals surface area contributed by atoms with Crippen LogP contribution in [0.15, 0.2) is 309 Å². The fourth-order valence-electron chi connectivity index (χ4n) is 17.0. The van der Waals surface area contributed by atoms with Crippen molar-refractivity contribution in [2.24, 2.45) is 0 Å². The van der Waals surface area contributed by atoms with Crippen LogP contribution >= 0.6 is 0 Å². The van der Waals surface area contributed by atoms with Gasteiger partial charge >= 0.3 is 0 Å². The van der Waals surface area contributed by atoms with E-state index in [0.29, 0.717) is 33.7 Å². The number of hydrogen-bond donors (Lipinski definition) is 0. The molecule has 2 aliphatic rings. The van der Waals surface area contributed by atoms with Crippen molar-refractivity contribution in [1.82, 2.24) is 19.5 Å². The fourth-order valence-corrected chi connectivity index (χ4v) is 17.0. The Balaban J connectivity index is 1.10. The van der Waals surface area contributed by atoms with Crippen molar-refractivity contribution in [3.63, 3.8) is 0 Å². The van der Waals surface area contributed by atoms with Crippen LogP contribution in [0.4, 0.5) is 34.1 Å². The van der Waals surface area contributed by atoms with Gasteiger partial charge in [-0.3, -0.25) is 0 Å². The average Bonchev–Trinajstić information content (AvgIpc) is 1.65. The molecule has 0 bridgehead atoms. The van der Waals surface area contributed by atoms with E-state index < -0.39 is 142 Å². The minimum atomic E-state index is -0.747. The number of hydrogen-bond acceptors (Lipinski definition) is 5. The van der Waals surface area contributed by atoms with E-state index in [4.69, 9.17) is 19.1 Å². The number of benzene rings is 14. The second-order valence-corrected chi connectivity index (χ2v) is 37.9. The van der Waals surface area contributed by atoms with Gasteiger partial charge in [-0.15, -0.1) is 0 Å². The van der Waals surface area contributed by atoms with Crippen LogP contribution in [-0.4, -0.2) is 26.2 Å². The third kappa shape index (κ3) is 13.9. The van der Waals surface area contributed by atoms with Gasteiger partial charge in [0.2, 0.25) is 0 Å². The molecule has 0 saturated carbocycles. The molecule has 0 aliphatic carbocycles. The maximum absolute atomic E-state index is 9.92. The van der Waals surface area contributed by atoms with E-state index in [1.807, 2.05) is 66.7 Å². The molecule has 0 spiro atoms. The molecule has 0 fully saturated rings. The lowest BCUT2D eigenvalue weighted by atomic mass is 9.33. The summed E-state index contributed by atoms with van der Waals surface area (Å²) in [6.07, 6.45) is 0. The van der Waals surface area contributed by atoms with Gasteiger partial charge in [0, 0.05) is 72.6 Å². The first-order valence-electron chi connectivity index (χ1n) is 48.4. The molecule has 0 saturated heterocycles. The van der Waals surface area contributed by atoms with Gasteiger partial charge in [0.05, 0.1) is 43.0 Å². The predicted molar refractivity (Wildman–Crippen MR) is 504 cm³/mol. The van der Waals surface area contributed by atoms with E-state index in [2.05, 4.69) is 291 Å². The van der Waals surface area contributed by atoms with Crippen LogP contribution in [0.2, 0.25) is 0 Å². The van der Waals surface area contributed by atoms with Gasteiger partial charge in [-0.2, -0.15) is 0 Å². The number of fused-ring (bicyclic) bond motifs is 7. The van der Waals surface area contributed by atoms with Crippen LogP contribution in [0.5, 0.6) is 0 Å². The Morgan fingerprint density at radius 3 is 1.03 bits per heavy atom. The number of rotatable bonds is 11. The van der Waals surface area contributed by atoms with E-state index in [1.54, 1.807) is 0 Å². The minimum Gasteiger partial charge on any atom is -0.310 e. The van der Waals surface area contributed by atoms with E-state index in [-0.39, 0.29) is 33.3 Å². The summed E-state index contributed by atoms with van der Waals surface area (Å²) >= 11 is 0. The summed E-state index contributed by atoms with van der Waals surface area (Å²) in [5.74, 6) is -1.14. The summed E-state index contributed by atoms with van der Waals surface area (Å²) in [6, 6.07) is 68.4. The smallest absolute Gasteiger partial charge is 0.252 e. The molecule has 18 rings (SSSR count). The molecule has 0 unspecified atom stereocenters. The molecule has 0 N–H and O–H groups in total. The fraction of sp³-hybridized carbons (Fsp3) is 0.216. The van der Waals surface area contributed by atoms with E-state index in [0.717, 1.165) is 111 Å². The Hall–Kier alpha value is -12.4. The molecular formula is C111H105BN6. The molecule has 2 aromatic heterocycles. The third-order valence-corrected chi connectivity index (χ3v) is 23.6. The highest BCUT2D eigenvalue weighted by molar-refractivity contribution is 7.00. The highest BCUT2D eigenvalue weighted by Crippen LogP contribution is 2.56. The molecule has 4 heterocycles. The second kappa shape index (κ2) is 28.7. The summed E-state index contributed by atoms with van der Waals surface area (Å²) < 4.78 is 143. The van der Waals surface area contributed by atoms with Crippen molar-refractivity contribution in [2.75, 3.05) is 9.80 Å². The van der Waals surface area contributed by atoms with Crippen molar-refractivity contribution in [3.8, 4) is 95.5 Å². The van der Waals surface area contributed by atoms with Gasteiger partial charge < -0.3 is 14.4 Å². The molecule has 2 aliphatic heterocycles. The molecular weight excluding hydrogens is 1430 g/mol. The molecule has 582 valence electrons. The molecule has 16 aromatic rings. The maximum Gasteiger partial charge on any atom is 0.252 e. The van der Waals surface area contributed by atoms with Crippen molar-refractivity contribution in [2.45, 2.75) is 157 Å². The number of aromatic nitrogens is 4.